The summed E-state index contributed by atoms with van der Waals surface area (Å²) in [6, 6.07) is 3.63. The highest BCUT2D eigenvalue weighted by molar-refractivity contribution is 6.32. The summed E-state index contributed by atoms with van der Waals surface area (Å²) in [6.45, 7) is 2.21. The molecule has 0 fully saturated rings. The van der Waals surface area contributed by atoms with Crippen LogP contribution in [0.1, 0.15) is 13.3 Å². The fourth-order valence-electron chi connectivity index (χ4n) is 2.46. The Hall–Kier alpha value is -2.69. The monoisotopic (exact) mass is 407 g/mol. The number of nitro groups is 1. The number of hydrogen-bond donors (Lipinski definition) is 0. The average molecular weight is 408 g/mol. The van der Waals surface area contributed by atoms with Crippen LogP contribution in [0.2, 0.25) is 5.02 Å². The zero-order valence-corrected chi connectivity index (χ0v) is 14.6. The van der Waals surface area contributed by atoms with E-state index in [0.717, 1.165) is 6.07 Å². The van der Waals surface area contributed by atoms with Gasteiger partial charge in [-0.3, -0.25) is 4.57 Å². The van der Waals surface area contributed by atoms with Gasteiger partial charge in [-0.25, -0.2) is 0 Å². The van der Waals surface area contributed by atoms with E-state index in [9.17, 15) is 23.3 Å². The van der Waals surface area contributed by atoms with Crippen molar-refractivity contribution in [1.29, 1.82) is 0 Å². The molecule has 8 nitrogen and oxygen atoms in total. The molecule has 1 atom stereocenters. The lowest BCUT2D eigenvalue weighted by Crippen LogP contribution is -2.43. The predicted molar refractivity (Wildman–Crippen MR) is 86.2 cm³/mol. The van der Waals surface area contributed by atoms with Crippen molar-refractivity contribution < 1.29 is 32.3 Å². The maximum absolute atomic E-state index is 12.3. The number of benzene rings is 1. The highest BCUT2D eigenvalue weighted by atomic mass is 35.5. The van der Waals surface area contributed by atoms with Gasteiger partial charge in [-0.05, 0) is 24.0 Å². The third-order valence-corrected chi connectivity index (χ3v) is 4.10. The van der Waals surface area contributed by atoms with Crippen LogP contribution < -0.4 is 14.2 Å². The molecule has 0 saturated carbocycles. The molecular formula is C15H13ClF3N3O5. The van der Waals surface area contributed by atoms with Crippen LogP contribution in [0.5, 0.6) is 17.5 Å². The number of alkyl halides is 3. The molecule has 1 aliphatic rings. The Morgan fingerprint density at radius 3 is 2.85 bits per heavy atom. The highest BCUT2D eigenvalue weighted by Gasteiger charge is 2.37. The second-order valence-electron chi connectivity index (χ2n) is 6.06. The Labute approximate surface area is 155 Å². The summed E-state index contributed by atoms with van der Waals surface area (Å²) in [5, 5.41) is 10.5. The van der Waals surface area contributed by atoms with E-state index in [1.165, 1.54) is 22.9 Å². The number of imidazole rings is 1. The van der Waals surface area contributed by atoms with Crippen molar-refractivity contribution in [2.75, 3.05) is 6.61 Å². The summed E-state index contributed by atoms with van der Waals surface area (Å²) in [5.74, 6) is -0.632. The van der Waals surface area contributed by atoms with E-state index in [2.05, 4.69) is 9.72 Å². The Morgan fingerprint density at radius 1 is 1.48 bits per heavy atom. The van der Waals surface area contributed by atoms with Crippen molar-refractivity contribution in [2.24, 2.45) is 0 Å². The molecule has 12 heteroatoms. The lowest BCUT2D eigenvalue weighted by molar-refractivity contribution is -0.389. The van der Waals surface area contributed by atoms with Crippen molar-refractivity contribution in [2.45, 2.75) is 31.9 Å². The molecule has 1 aromatic heterocycles. The van der Waals surface area contributed by atoms with Gasteiger partial charge in [0.2, 0.25) is 0 Å². The van der Waals surface area contributed by atoms with E-state index in [1.807, 2.05) is 0 Å². The molecule has 0 amide bonds. The molecule has 2 heterocycles. The van der Waals surface area contributed by atoms with Gasteiger partial charge < -0.3 is 24.3 Å². The van der Waals surface area contributed by atoms with Gasteiger partial charge in [0, 0.05) is 24.0 Å². The van der Waals surface area contributed by atoms with Crippen molar-refractivity contribution in [3.05, 3.63) is 39.5 Å². The molecule has 0 radical (unpaired) electrons. The Kier molecular flexibility index (Phi) is 4.81. The summed E-state index contributed by atoms with van der Waals surface area (Å²) in [7, 11) is 0. The molecular weight excluding hydrogens is 395 g/mol. The fraction of sp³-hybridized carbons (Fsp3) is 0.400. The first-order chi connectivity index (χ1) is 12.5. The molecule has 3 rings (SSSR count). The number of ether oxygens (including phenoxy) is 3. The molecule has 27 heavy (non-hydrogen) atoms. The van der Waals surface area contributed by atoms with E-state index in [0.29, 0.717) is 13.0 Å². The molecule has 0 aliphatic carbocycles. The lowest BCUT2D eigenvalue weighted by Gasteiger charge is -2.32. The summed E-state index contributed by atoms with van der Waals surface area (Å²) < 4.78 is 53.4. The number of aryl methyl sites for hydroxylation is 1. The van der Waals surface area contributed by atoms with E-state index >= 15 is 0 Å². The minimum absolute atomic E-state index is 0.0312. The van der Waals surface area contributed by atoms with E-state index in [1.54, 1.807) is 6.92 Å². The second-order valence-corrected chi connectivity index (χ2v) is 6.47. The van der Waals surface area contributed by atoms with Crippen LogP contribution >= 0.6 is 11.6 Å². The normalized spacial score (nSPS) is 19.1. The Balaban J connectivity index is 1.66. The molecule has 2 aromatic rings. The van der Waals surface area contributed by atoms with Gasteiger partial charge in [-0.15, -0.1) is 13.2 Å². The van der Waals surface area contributed by atoms with E-state index in [-0.39, 0.29) is 29.2 Å². The number of hydrogen-bond acceptors (Lipinski definition) is 6. The fourth-order valence-corrected chi connectivity index (χ4v) is 2.67. The molecule has 0 bridgehead atoms. The van der Waals surface area contributed by atoms with Gasteiger partial charge in [-0.1, -0.05) is 11.6 Å². The molecule has 0 N–H and O–H groups in total. The lowest BCUT2D eigenvalue weighted by atomic mass is 10.0. The maximum atomic E-state index is 12.3. The molecule has 1 unspecified atom stereocenters. The van der Waals surface area contributed by atoms with Gasteiger partial charge in [0.15, 0.2) is 0 Å². The zero-order chi connectivity index (χ0) is 19.8. The van der Waals surface area contributed by atoms with Crippen LogP contribution in [0.4, 0.5) is 19.0 Å². The van der Waals surface area contributed by atoms with Gasteiger partial charge in [0.05, 0.1) is 5.02 Å². The first-order valence-corrected chi connectivity index (χ1v) is 8.01. The first kappa shape index (κ1) is 19.1. The van der Waals surface area contributed by atoms with Crippen LogP contribution in [0.3, 0.4) is 0 Å². The summed E-state index contributed by atoms with van der Waals surface area (Å²) in [4.78, 5) is 14.0. The van der Waals surface area contributed by atoms with Crippen LogP contribution in [0, 0.1) is 10.1 Å². The average Bonchev–Trinajstić information content (AvgIpc) is 2.97. The number of halogens is 4. The van der Waals surface area contributed by atoms with Crippen LogP contribution in [0.25, 0.3) is 0 Å². The standard InChI is InChI=1S/C15H13ClF3N3O5/c1-14(4-5-21-7-12(22(23)24)20-13(21)27-14)8-25-9-2-3-11(10(16)6-9)26-15(17,18)19/h2-3,6-7H,4-5,8H2,1H3. The van der Waals surface area contributed by atoms with Gasteiger partial charge >= 0.3 is 18.2 Å². The third-order valence-electron chi connectivity index (χ3n) is 3.81. The van der Waals surface area contributed by atoms with Crippen LogP contribution in [-0.4, -0.2) is 33.0 Å². The predicted octanol–water partition coefficient (Wildman–Crippen LogP) is 3.96. The highest BCUT2D eigenvalue weighted by Crippen LogP contribution is 2.34. The zero-order valence-electron chi connectivity index (χ0n) is 13.8. The number of rotatable bonds is 5. The smallest absolute Gasteiger partial charge is 0.489 e. The second kappa shape index (κ2) is 6.80. The Morgan fingerprint density at radius 2 is 2.22 bits per heavy atom. The summed E-state index contributed by atoms with van der Waals surface area (Å²) in [5.41, 5.74) is -0.831. The van der Waals surface area contributed by atoms with E-state index < -0.39 is 22.6 Å². The van der Waals surface area contributed by atoms with Crippen molar-refractivity contribution >= 4 is 17.4 Å². The molecule has 1 aliphatic heterocycles. The van der Waals surface area contributed by atoms with Crippen molar-refractivity contribution in [1.82, 2.24) is 9.55 Å². The quantitative estimate of drug-likeness (QED) is 0.550. The topological polar surface area (TPSA) is 88.7 Å². The largest absolute Gasteiger partial charge is 0.573 e. The SMILES string of the molecule is CC1(COc2ccc(OC(F)(F)F)c(Cl)c2)CCn2cc([N+](=O)[O-])nc2O1. The number of aromatic nitrogens is 2. The van der Waals surface area contributed by atoms with Gasteiger partial charge in [0.25, 0.3) is 0 Å². The minimum atomic E-state index is -4.85. The molecule has 0 spiro atoms. The molecule has 146 valence electrons. The van der Waals surface area contributed by atoms with E-state index in [4.69, 9.17) is 21.1 Å². The summed E-state index contributed by atoms with van der Waals surface area (Å²) >= 11 is 5.78. The maximum Gasteiger partial charge on any atom is 0.573 e. The molecule has 1 aromatic carbocycles. The molecule has 0 saturated heterocycles. The number of fused-ring (bicyclic) bond motifs is 1. The van der Waals surface area contributed by atoms with Gasteiger partial charge in [-0.2, -0.15) is 0 Å². The third kappa shape index (κ3) is 4.54. The van der Waals surface area contributed by atoms with Crippen LogP contribution in [0.15, 0.2) is 24.4 Å². The van der Waals surface area contributed by atoms with Crippen molar-refractivity contribution in [3.8, 4) is 17.5 Å². The first-order valence-electron chi connectivity index (χ1n) is 7.63. The number of nitrogens with zero attached hydrogens (tertiary/aromatic N) is 3. The van der Waals surface area contributed by atoms with Crippen molar-refractivity contribution in [3.63, 3.8) is 0 Å². The van der Waals surface area contributed by atoms with Gasteiger partial charge in [0.1, 0.15) is 29.9 Å². The Bertz CT molecular complexity index is 873. The summed E-state index contributed by atoms with van der Waals surface area (Å²) in [6.07, 6.45) is -3.08. The minimum Gasteiger partial charge on any atom is -0.489 e. The van der Waals surface area contributed by atoms with Crippen LogP contribution in [-0.2, 0) is 6.54 Å².